The van der Waals surface area contributed by atoms with Crippen molar-refractivity contribution in [2.24, 2.45) is 0 Å². The molecule has 6 nitrogen and oxygen atoms in total. The van der Waals surface area contributed by atoms with E-state index in [-0.39, 0.29) is 0 Å². The molecule has 1 rings (SSSR count). The summed E-state index contributed by atoms with van der Waals surface area (Å²) in [5.41, 5.74) is 1.20. The first kappa shape index (κ1) is 18.1. The number of rotatable bonds is 12. The molecule has 1 aromatic heterocycles. The van der Waals surface area contributed by atoms with Crippen molar-refractivity contribution < 1.29 is 14.2 Å². The van der Waals surface area contributed by atoms with Crippen LogP contribution in [-0.2, 0) is 27.3 Å². The Morgan fingerprint density at radius 1 is 1.14 bits per heavy atom. The van der Waals surface area contributed by atoms with Crippen LogP contribution in [0.25, 0.3) is 0 Å². The van der Waals surface area contributed by atoms with Gasteiger partial charge in [-0.1, -0.05) is 13.8 Å². The molecule has 0 fully saturated rings. The van der Waals surface area contributed by atoms with Crippen molar-refractivity contribution in [1.82, 2.24) is 14.9 Å². The van der Waals surface area contributed by atoms with Crippen molar-refractivity contribution in [2.75, 3.05) is 40.1 Å². The summed E-state index contributed by atoms with van der Waals surface area (Å²) < 4.78 is 18.0. The van der Waals surface area contributed by atoms with Crippen LogP contribution in [0, 0.1) is 6.92 Å². The molecule has 0 aliphatic carbocycles. The van der Waals surface area contributed by atoms with E-state index >= 15 is 0 Å². The average Bonchev–Trinajstić information content (AvgIpc) is 2.80. The maximum atomic E-state index is 5.59. The van der Waals surface area contributed by atoms with E-state index in [1.807, 2.05) is 13.1 Å². The number of aryl methyl sites for hydroxylation is 1. The Balaban J connectivity index is 2.20. The fraction of sp³-hybridized carbons (Fsp3) is 0.800. The van der Waals surface area contributed by atoms with Gasteiger partial charge < -0.3 is 24.1 Å². The van der Waals surface area contributed by atoms with Crippen molar-refractivity contribution in [3.05, 3.63) is 17.7 Å². The van der Waals surface area contributed by atoms with E-state index in [0.29, 0.717) is 39.1 Å². The van der Waals surface area contributed by atoms with E-state index in [1.165, 1.54) is 5.69 Å². The number of nitrogens with zero attached hydrogens (tertiary/aromatic N) is 2. The summed E-state index contributed by atoms with van der Waals surface area (Å²) in [4.78, 5) is 4.37. The van der Waals surface area contributed by atoms with Crippen LogP contribution in [0.15, 0.2) is 6.20 Å². The van der Waals surface area contributed by atoms with Gasteiger partial charge in [-0.3, -0.25) is 0 Å². The lowest BCUT2D eigenvalue weighted by molar-refractivity contribution is 0.0228. The molecule has 0 spiro atoms. The summed E-state index contributed by atoms with van der Waals surface area (Å²) in [5, 5.41) is 3.41. The van der Waals surface area contributed by atoms with Gasteiger partial charge in [0.15, 0.2) is 0 Å². The second-order valence-electron chi connectivity index (χ2n) is 5.20. The van der Waals surface area contributed by atoms with E-state index in [1.54, 1.807) is 7.11 Å². The van der Waals surface area contributed by atoms with Crippen LogP contribution < -0.4 is 5.32 Å². The first-order valence-electron chi connectivity index (χ1n) is 7.54. The lowest BCUT2D eigenvalue weighted by Gasteiger charge is -2.13. The predicted octanol–water partition coefficient (Wildman–Crippen LogP) is 1.37. The summed E-state index contributed by atoms with van der Waals surface area (Å²) in [5.74, 6) is 1.02. The van der Waals surface area contributed by atoms with Crippen molar-refractivity contribution in [3.63, 3.8) is 0 Å². The second kappa shape index (κ2) is 10.7. The number of ether oxygens (including phenoxy) is 3. The van der Waals surface area contributed by atoms with Crippen LogP contribution in [0.3, 0.4) is 0 Å². The normalized spacial score (nSPS) is 11.5. The van der Waals surface area contributed by atoms with Crippen LogP contribution in [-0.4, -0.2) is 55.7 Å². The van der Waals surface area contributed by atoms with Crippen LogP contribution >= 0.6 is 0 Å². The molecule has 21 heavy (non-hydrogen) atoms. The van der Waals surface area contributed by atoms with E-state index in [0.717, 1.165) is 18.9 Å². The molecule has 0 saturated heterocycles. The number of imidazole rings is 1. The summed E-state index contributed by atoms with van der Waals surface area (Å²) in [6.07, 6.45) is 1.93. The number of hydrogen-bond donors (Lipinski definition) is 1. The highest BCUT2D eigenvalue weighted by atomic mass is 16.5. The van der Waals surface area contributed by atoms with Gasteiger partial charge in [0.05, 0.1) is 38.7 Å². The zero-order valence-electron chi connectivity index (χ0n) is 13.7. The zero-order valence-corrected chi connectivity index (χ0v) is 13.7. The topological polar surface area (TPSA) is 57.5 Å². The minimum atomic E-state index is 0.467. The molecule has 6 heteroatoms. The molecular formula is C15H29N3O3. The van der Waals surface area contributed by atoms with Gasteiger partial charge in [-0.05, 0) is 6.92 Å². The van der Waals surface area contributed by atoms with Crippen molar-refractivity contribution in [2.45, 2.75) is 39.9 Å². The Morgan fingerprint density at radius 2 is 1.81 bits per heavy atom. The molecule has 0 radical (unpaired) electrons. The quantitative estimate of drug-likeness (QED) is 0.591. The molecule has 0 saturated carbocycles. The smallest absolute Gasteiger partial charge is 0.105 e. The average molecular weight is 299 g/mol. The van der Waals surface area contributed by atoms with Crippen molar-refractivity contribution in [1.29, 1.82) is 0 Å². The first-order chi connectivity index (χ1) is 10.1. The standard InChI is InChI=1S/C15H29N3O3/c1-13(2)16-11-15-12-17-14(3)18(15)5-6-20-9-10-21-8-7-19-4/h12-13,16H,5-11H2,1-4H3. The van der Waals surface area contributed by atoms with Gasteiger partial charge in [-0.25, -0.2) is 4.98 Å². The van der Waals surface area contributed by atoms with Crippen LogP contribution in [0.5, 0.6) is 0 Å². The summed E-state index contributed by atoms with van der Waals surface area (Å²) >= 11 is 0. The van der Waals surface area contributed by atoms with Crippen LogP contribution in [0.4, 0.5) is 0 Å². The summed E-state index contributed by atoms with van der Waals surface area (Å²) in [6.45, 7) is 11.1. The molecule has 0 aliphatic heterocycles. The Labute approximate surface area is 127 Å². The molecular weight excluding hydrogens is 270 g/mol. The number of hydrogen-bond acceptors (Lipinski definition) is 5. The predicted molar refractivity (Wildman–Crippen MR) is 82.5 cm³/mol. The SMILES string of the molecule is COCCOCCOCCn1c(CNC(C)C)cnc1C. The highest BCUT2D eigenvalue weighted by molar-refractivity contribution is 5.04. The molecule has 1 heterocycles. The van der Waals surface area contributed by atoms with E-state index in [4.69, 9.17) is 14.2 Å². The molecule has 1 aromatic rings. The minimum Gasteiger partial charge on any atom is -0.382 e. The van der Waals surface area contributed by atoms with E-state index in [2.05, 4.69) is 28.7 Å². The molecule has 122 valence electrons. The highest BCUT2D eigenvalue weighted by Crippen LogP contribution is 2.05. The minimum absolute atomic E-state index is 0.467. The Bertz CT molecular complexity index is 380. The largest absolute Gasteiger partial charge is 0.382 e. The van der Waals surface area contributed by atoms with Gasteiger partial charge in [-0.2, -0.15) is 0 Å². The number of methoxy groups -OCH3 is 1. The van der Waals surface area contributed by atoms with E-state index < -0.39 is 0 Å². The van der Waals surface area contributed by atoms with Gasteiger partial charge >= 0.3 is 0 Å². The lowest BCUT2D eigenvalue weighted by atomic mass is 10.3. The fourth-order valence-corrected chi connectivity index (χ4v) is 1.89. The third kappa shape index (κ3) is 7.57. The summed E-state index contributed by atoms with van der Waals surface area (Å²) in [7, 11) is 1.67. The van der Waals surface area contributed by atoms with Gasteiger partial charge in [-0.15, -0.1) is 0 Å². The Kier molecular flexibility index (Phi) is 9.25. The molecule has 0 aromatic carbocycles. The lowest BCUT2D eigenvalue weighted by Crippen LogP contribution is -2.24. The fourth-order valence-electron chi connectivity index (χ4n) is 1.89. The third-order valence-electron chi connectivity index (χ3n) is 3.09. The molecule has 0 bridgehead atoms. The van der Waals surface area contributed by atoms with Gasteiger partial charge in [0.25, 0.3) is 0 Å². The van der Waals surface area contributed by atoms with Crippen molar-refractivity contribution in [3.8, 4) is 0 Å². The molecule has 0 amide bonds. The third-order valence-corrected chi connectivity index (χ3v) is 3.09. The second-order valence-corrected chi connectivity index (χ2v) is 5.20. The summed E-state index contributed by atoms with van der Waals surface area (Å²) in [6, 6.07) is 0.467. The monoisotopic (exact) mass is 299 g/mol. The highest BCUT2D eigenvalue weighted by Gasteiger charge is 2.06. The van der Waals surface area contributed by atoms with Crippen LogP contribution in [0.2, 0.25) is 0 Å². The molecule has 0 aliphatic rings. The van der Waals surface area contributed by atoms with Crippen LogP contribution in [0.1, 0.15) is 25.4 Å². The molecule has 1 N–H and O–H groups in total. The Hall–Kier alpha value is -0.950. The van der Waals surface area contributed by atoms with Gasteiger partial charge in [0.2, 0.25) is 0 Å². The maximum Gasteiger partial charge on any atom is 0.105 e. The maximum absolute atomic E-state index is 5.59. The van der Waals surface area contributed by atoms with Crippen molar-refractivity contribution >= 4 is 0 Å². The van der Waals surface area contributed by atoms with Gasteiger partial charge in [0.1, 0.15) is 5.82 Å². The first-order valence-corrected chi connectivity index (χ1v) is 7.54. The van der Waals surface area contributed by atoms with E-state index in [9.17, 15) is 0 Å². The Morgan fingerprint density at radius 3 is 2.48 bits per heavy atom. The number of nitrogens with one attached hydrogen (secondary N) is 1. The zero-order chi connectivity index (χ0) is 15.5. The number of aromatic nitrogens is 2. The molecule has 0 unspecified atom stereocenters. The molecule has 0 atom stereocenters. The van der Waals surface area contributed by atoms with Gasteiger partial charge in [0, 0.05) is 32.4 Å².